The topological polar surface area (TPSA) is 132 Å². The molecule has 2 aromatic heterocycles. The van der Waals surface area contributed by atoms with Crippen LogP contribution in [0.2, 0.25) is 0 Å². The number of nitrogens with zero attached hydrogens (tertiary/aromatic N) is 4. The highest BCUT2D eigenvalue weighted by atomic mass is 32.2. The van der Waals surface area contributed by atoms with E-state index in [-0.39, 0.29) is 17.2 Å². The Bertz CT molecular complexity index is 1760. The number of hydrogen-bond acceptors (Lipinski definition) is 7. The molecule has 0 aliphatic carbocycles. The van der Waals surface area contributed by atoms with Gasteiger partial charge in [0.2, 0.25) is 10.0 Å². The minimum atomic E-state index is -3.70. The first-order valence-corrected chi connectivity index (χ1v) is 13.1. The van der Waals surface area contributed by atoms with Crippen LogP contribution in [0.1, 0.15) is 16.7 Å². The Balaban J connectivity index is 1.29. The molecule has 11 heteroatoms. The molecule has 0 saturated heterocycles. The Morgan fingerprint density at radius 3 is 2.34 bits per heavy atom. The molecule has 38 heavy (non-hydrogen) atoms. The number of nitrogens with one attached hydrogen (secondary N) is 2. The van der Waals surface area contributed by atoms with Crippen molar-refractivity contribution in [3.05, 3.63) is 102 Å². The number of aromatic hydroxyl groups is 1. The average Bonchev–Trinajstić information content (AvgIpc) is 3.32. The summed E-state index contributed by atoms with van der Waals surface area (Å²) in [7, 11) is 2.36. The number of nitriles is 1. The van der Waals surface area contributed by atoms with Crippen LogP contribution >= 0.6 is 0 Å². The van der Waals surface area contributed by atoms with E-state index < -0.39 is 10.0 Å². The molecule has 0 bridgehead atoms. The molecule has 0 amide bonds. The third kappa shape index (κ3) is 5.22. The molecule has 0 saturated carbocycles. The quantitative estimate of drug-likeness (QED) is 0.268. The lowest BCUT2D eigenvalue weighted by atomic mass is 10.0. The van der Waals surface area contributed by atoms with Crippen molar-refractivity contribution >= 4 is 34.8 Å². The van der Waals surface area contributed by atoms with E-state index in [2.05, 4.69) is 20.1 Å². The highest BCUT2D eigenvalue weighted by molar-refractivity contribution is 7.89. The fraction of sp³-hybridized carbons (Fsp3) is 0.0741. The third-order valence-corrected chi connectivity index (χ3v) is 7.35. The van der Waals surface area contributed by atoms with Crippen molar-refractivity contribution in [1.29, 1.82) is 5.26 Å². The average molecular weight is 520 g/mol. The third-order valence-electron chi connectivity index (χ3n) is 5.94. The van der Waals surface area contributed by atoms with Gasteiger partial charge in [-0.25, -0.2) is 18.1 Å². The number of rotatable bonds is 8. The zero-order valence-corrected chi connectivity index (χ0v) is 20.9. The summed E-state index contributed by atoms with van der Waals surface area (Å²) in [4.78, 5) is 4.67. The maximum atomic E-state index is 12.5. The lowest BCUT2D eigenvalue weighted by Crippen LogP contribution is -2.23. The summed E-state index contributed by atoms with van der Waals surface area (Å²) >= 11 is 0. The molecule has 0 unspecified atom stereocenters. The van der Waals surface area contributed by atoms with Gasteiger partial charge in [0.1, 0.15) is 19.4 Å². The van der Waals surface area contributed by atoms with E-state index in [0.717, 1.165) is 11.1 Å². The molecule has 5 aromatic rings. The fourth-order valence-electron chi connectivity index (χ4n) is 3.87. The van der Waals surface area contributed by atoms with Crippen LogP contribution in [-0.4, -0.2) is 36.0 Å². The predicted octanol–water partition coefficient (Wildman–Crippen LogP) is 2.86. The first-order chi connectivity index (χ1) is 18.3. The molecule has 3 N–H and O–H groups in total. The molecular formula is C27H21BN6O3S. The summed E-state index contributed by atoms with van der Waals surface area (Å²) in [6.45, 7) is 0.577. The molecule has 9 nitrogen and oxygen atoms in total. The van der Waals surface area contributed by atoms with Crippen LogP contribution in [0.5, 0.6) is 5.75 Å². The molecule has 0 aliphatic rings. The summed E-state index contributed by atoms with van der Waals surface area (Å²) in [5, 5.41) is 26.8. The van der Waals surface area contributed by atoms with Gasteiger partial charge in [-0.05, 0) is 53.0 Å². The lowest BCUT2D eigenvalue weighted by molar-refractivity contribution is 0.477. The predicted molar refractivity (Wildman–Crippen MR) is 144 cm³/mol. The van der Waals surface area contributed by atoms with Crippen LogP contribution in [0, 0.1) is 11.3 Å². The highest BCUT2D eigenvalue weighted by Crippen LogP contribution is 2.29. The molecule has 3 aromatic carbocycles. The molecule has 0 fully saturated rings. The Labute approximate surface area is 220 Å². The SMILES string of the molecule is [B]c1cnn2c(NCc3ccc(CNS(=O)(=O)c4ccc(C#N)cc4)cc3)cc(-c3ccccc3O)nc12. The molecule has 0 spiro atoms. The van der Waals surface area contributed by atoms with E-state index in [1.165, 1.54) is 30.5 Å². The standard InChI is InChI=1S/C27H21BN6O3S/c28-23-17-31-34-26(13-24(33-27(23)34)22-3-1-2-4-25(22)35)30-15-19-5-7-20(8-6-19)16-32-38(36,37)21-11-9-18(14-29)10-12-21/h1-13,17,30,32,35H,15-16H2. The number of aromatic nitrogens is 3. The van der Waals surface area contributed by atoms with Gasteiger partial charge in [-0.1, -0.05) is 36.4 Å². The van der Waals surface area contributed by atoms with Crippen LogP contribution < -0.4 is 15.5 Å². The number of fused-ring (bicyclic) bond motifs is 1. The van der Waals surface area contributed by atoms with Gasteiger partial charge in [-0.2, -0.15) is 14.9 Å². The van der Waals surface area contributed by atoms with E-state index >= 15 is 0 Å². The van der Waals surface area contributed by atoms with Crippen LogP contribution in [0.3, 0.4) is 0 Å². The van der Waals surface area contributed by atoms with Crippen LogP contribution in [-0.2, 0) is 23.1 Å². The summed E-state index contributed by atoms with van der Waals surface area (Å²) < 4.78 is 29.3. The van der Waals surface area contributed by atoms with Crippen LogP contribution in [0.4, 0.5) is 5.82 Å². The second-order valence-electron chi connectivity index (χ2n) is 8.51. The second-order valence-corrected chi connectivity index (χ2v) is 10.3. The number of sulfonamides is 1. The van der Waals surface area contributed by atoms with Gasteiger partial charge >= 0.3 is 0 Å². The van der Waals surface area contributed by atoms with Crippen molar-refractivity contribution in [1.82, 2.24) is 19.3 Å². The van der Waals surface area contributed by atoms with Crippen molar-refractivity contribution in [2.24, 2.45) is 0 Å². The Morgan fingerprint density at radius 2 is 1.66 bits per heavy atom. The van der Waals surface area contributed by atoms with E-state index in [9.17, 15) is 13.5 Å². The number of phenolic OH excluding ortho intramolecular Hbond substituents is 1. The van der Waals surface area contributed by atoms with Gasteiger partial charge < -0.3 is 10.4 Å². The molecule has 0 aliphatic heterocycles. The first-order valence-electron chi connectivity index (χ1n) is 11.6. The van der Waals surface area contributed by atoms with Crippen molar-refractivity contribution in [3.8, 4) is 23.1 Å². The molecular weight excluding hydrogens is 499 g/mol. The summed E-state index contributed by atoms with van der Waals surface area (Å²) in [6.07, 6.45) is 1.52. The maximum Gasteiger partial charge on any atom is 0.240 e. The number of hydrogen-bond donors (Lipinski definition) is 3. The number of para-hydroxylation sites is 1. The Hall–Kier alpha value is -4.66. The van der Waals surface area contributed by atoms with Crippen molar-refractivity contribution in [2.75, 3.05) is 5.32 Å². The zero-order valence-electron chi connectivity index (χ0n) is 20.0. The molecule has 186 valence electrons. The minimum absolute atomic E-state index is 0.100. The summed E-state index contributed by atoms with van der Waals surface area (Å²) in [5.41, 5.74) is 4.15. The van der Waals surface area contributed by atoms with Crippen molar-refractivity contribution in [3.63, 3.8) is 0 Å². The first kappa shape index (κ1) is 25.0. The lowest BCUT2D eigenvalue weighted by Gasteiger charge is -2.12. The summed E-state index contributed by atoms with van der Waals surface area (Å²) in [6, 6.07) is 23.9. The van der Waals surface area contributed by atoms with Gasteiger partial charge in [-0.3, -0.25) is 0 Å². The van der Waals surface area contributed by atoms with E-state index in [4.69, 9.17) is 13.1 Å². The van der Waals surface area contributed by atoms with Gasteiger partial charge in [0.15, 0.2) is 5.65 Å². The maximum absolute atomic E-state index is 12.5. The number of anilines is 1. The van der Waals surface area contributed by atoms with Gasteiger partial charge in [0.05, 0.1) is 22.2 Å². The molecule has 0 atom stereocenters. The van der Waals surface area contributed by atoms with E-state index in [0.29, 0.717) is 40.3 Å². The molecule has 5 rings (SSSR count). The van der Waals surface area contributed by atoms with Gasteiger partial charge in [0, 0.05) is 30.9 Å². The van der Waals surface area contributed by atoms with Gasteiger partial charge in [0.25, 0.3) is 0 Å². The normalized spacial score (nSPS) is 11.3. The fourth-order valence-corrected chi connectivity index (χ4v) is 4.89. The highest BCUT2D eigenvalue weighted by Gasteiger charge is 2.14. The van der Waals surface area contributed by atoms with E-state index in [1.807, 2.05) is 36.4 Å². The second kappa shape index (κ2) is 10.4. The largest absolute Gasteiger partial charge is 0.507 e. The van der Waals surface area contributed by atoms with Crippen molar-refractivity contribution < 1.29 is 13.5 Å². The Kier molecular flexibility index (Phi) is 6.83. The van der Waals surface area contributed by atoms with Gasteiger partial charge in [-0.15, -0.1) is 0 Å². The van der Waals surface area contributed by atoms with Crippen LogP contribution in [0.15, 0.2) is 90.0 Å². The molecule has 2 heterocycles. The monoisotopic (exact) mass is 520 g/mol. The van der Waals surface area contributed by atoms with Crippen molar-refractivity contribution in [2.45, 2.75) is 18.0 Å². The Morgan fingerprint density at radius 1 is 0.974 bits per heavy atom. The summed E-state index contributed by atoms with van der Waals surface area (Å²) in [5.74, 6) is 0.753. The smallest absolute Gasteiger partial charge is 0.240 e. The minimum Gasteiger partial charge on any atom is -0.507 e. The van der Waals surface area contributed by atoms with E-state index in [1.54, 1.807) is 28.8 Å². The van der Waals surface area contributed by atoms with Crippen LogP contribution in [0.25, 0.3) is 16.9 Å². The zero-order chi connectivity index (χ0) is 26.7. The number of benzene rings is 3. The number of phenols is 1. The molecule has 2 radical (unpaired) electrons.